The number of aryl methyl sites for hydroxylation is 1. The van der Waals surface area contributed by atoms with Crippen LogP contribution in [0.5, 0.6) is 0 Å². The molecule has 72 valence electrons. The SMILES string of the molecule is CNC1CCc2sc(C(C)C)nc21. The Labute approximate surface area is 83.4 Å². The highest BCUT2D eigenvalue weighted by molar-refractivity contribution is 7.11. The molecule has 0 aromatic carbocycles. The van der Waals surface area contributed by atoms with Crippen LogP contribution in [0.25, 0.3) is 0 Å². The molecule has 0 saturated heterocycles. The topological polar surface area (TPSA) is 24.9 Å². The normalized spacial score (nSPS) is 21.1. The van der Waals surface area contributed by atoms with Crippen molar-refractivity contribution in [2.45, 2.75) is 38.6 Å². The maximum Gasteiger partial charge on any atom is 0.0957 e. The first-order chi connectivity index (χ1) is 6.22. The number of nitrogens with zero attached hydrogens (tertiary/aromatic N) is 1. The third-order valence-corrected chi connectivity index (χ3v) is 4.01. The van der Waals surface area contributed by atoms with E-state index in [9.17, 15) is 0 Å². The van der Waals surface area contributed by atoms with Crippen molar-refractivity contribution in [3.8, 4) is 0 Å². The molecule has 0 aliphatic heterocycles. The maximum atomic E-state index is 4.70. The van der Waals surface area contributed by atoms with Crippen LogP contribution in [0.2, 0.25) is 0 Å². The average molecular weight is 196 g/mol. The highest BCUT2D eigenvalue weighted by Gasteiger charge is 2.26. The van der Waals surface area contributed by atoms with E-state index in [0.29, 0.717) is 12.0 Å². The zero-order valence-corrected chi connectivity index (χ0v) is 9.24. The molecule has 1 unspecified atom stereocenters. The molecule has 0 saturated carbocycles. The zero-order valence-electron chi connectivity index (χ0n) is 8.42. The van der Waals surface area contributed by atoms with Gasteiger partial charge in [-0.1, -0.05) is 13.8 Å². The van der Waals surface area contributed by atoms with Crippen molar-refractivity contribution in [3.05, 3.63) is 15.6 Å². The number of nitrogens with one attached hydrogen (secondary N) is 1. The molecule has 1 N–H and O–H groups in total. The molecule has 1 aromatic heterocycles. The highest BCUT2D eigenvalue weighted by atomic mass is 32.1. The van der Waals surface area contributed by atoms with Crippen molar-refractivity contribution < 1.29 is 0 Å². The first-order valence-electron chi connectivity index (χ1n) is 4.89. The quantitative estimate of drug-likeness (QED) is 0.786. The molecule has 1 aliphatic rings. The summed E-state index contributed by atoms with van der Waals surface area (Å²) in [5, 5.41) is 4.61. The zero-order chi connectivity index (χ0) is 9.42. The fourth-order valence-electron chi connectivity index (χ4n) is 1.77. The summed E-state index contributed by atoms with van der Waals surface area (Å²) in [5.74, 6) is 0.577. The number of rotatable bonds is 2. The molecule has 3 heteroatoms. The second kappa shape index (κ2) is 3.39. The Hall–Kier alpha value is -0.410. The molecule has 13 heavy (non-hydrogen) atoms. The van der Waals surface area contributed by atoms with Gasteiger partial charge in [0.05, 0.1) is 16.7 Å². The summed E-state index contributed by atoms with van der Waals surface area (Å²) in [6.45, 7) is 4.42. The number of fused-ring (bicyclic) bond motifs is 1. The van der Waals surface area contributed by atoms with Crippen molar-refractivity contribution in [1.29, 1.82) is 0 Å². The van der Waals surface area contributed by atoms with Crippen LogP contribution >= 0.6 is 11.3 Å². The van der Waals surface area contributed by atoms with Gasteiger partial charge in [-0.2, -0.15) is 0 Å². The molecule has 1 aliphatic carbocycles. The lowest BCUT2D eigenvalue weighted by molar-refractivity contribution is 0.576. The van der Waals surface area contributed by atoms with Gasteiger partial charge in [0.25, 0.3) is 0 Å². The summed E-state index contributed by atoms with van der Waals surface area (Å²) in [5.41, 5.74) is 1.32. The number of thiazole rings is 1. The summed E-state index contributed by atoms with van der Waals surface area (Å²) in [6, 6.07) is 0.513. The van der Waals surface area contributed by atoms with Crippen LogP contribution in [0.15, 0.2) is 0 Å². The molecule has 0 radical (unpaired) electrons. The van der Waals surface area contributed by atoms with Crippen molar-refractivity contribution in [1.82, 2.24) is 10.3 Å². The predicted molar refractivity (Wildman–Crippen MR) is 56.3 cm³/mol. The van der Waals surface area contributed by atoms with Gasteiger partial charge in [0, 0.05) is 10.8 Å². The molecule has 1 aromatic rings. The van der Waals surface area contributed by atoms with Crippen LogP contribution in [0.4, 0.5) is 0 Å². The van der Waals surface area contributed by atoms with Crippen LogP contribution in [-0.2, 0) is 6.42 Å². The van der Waals surface area contributed by atoms with Crippen molar-refractivity contribution in [2.24, 2.45) is 0 Å². The Kier molecular flexibility index (Phi) is 2.39. The minimum atomic E-state index is 0.513. The molecule has 0 bridgehead atoms. The summed E-state index contributed by atoms with van der Waals surface area (Å²) in [4.78, 5) is 6.20. The number of hydrogen-bond acceptors (Lipinski definition) is 3. The Morgan fingerprint density at radius 1 is 1.54 bits per heavy atom. The molecule has 1 heterocycles. The molecule has 1 atom stereocenters. The third-order valence-electron chi connectivity index (χ3n) is 2.58. The van der Waals surface area contributed by atoms with E-state index in [1.54, 1.807) is 0 Å². The highest BCUT2D eigenvalue weighted by Crippen LogP contribution is 2.36. The van der Waals surface area contributed by atoms with E-state index in [1.807, 2.05) is 18.4 Å². The van der Waals surface area contributed by atoms with Gasteiger partial charge in [0.15, 0.2) is 0 Å². The molecule has 2 rings (SSSR count). The average Bonchev–Trinajstić information content (AvgIpc) is 2.60. The van der Waals surface area contributed by atoms with E-state index in [-0.39, 0.29) is 0 Å². The molecular formula is C10H16N2S. The lowest BCUT2D eigenvalue weighted by Gasteiger charge is -2.06. The first kappa shape index (κ1) is 9.16. The monoisotopic (exact) mass is 196 g/mol. The van der Waals surface area contributed by atoms with Crippen molar-refractivity contribution >= 4 is 11.3 Å². The fraction of sp³-hybridized carbons (Fsp3) is 0.700. The predicted octanol–water partition coefficient (Wildman–Crippen LogP) is 2.47. The standard InChI is InChI=1S/C10H16N2S/c1-6(2)10-12-9-7(11-3)4-5-8(9)13-10/h6-7,11H,4-5H2,1-3H3. The Morgan fingerprint density at radius 2 is 2.31 bits per heavy atom. The molecule has 0 fully saturated rings. The third kappa shape index (κ3) is 1.51. The van der Waals surface area contributed by atoms with Gasteiger partial charge in [-0.3, -0.25) is 0 Å². The van der Waals surface area contributed by atoms with Crippen molar-refractivity contribution in [3.63, 3.8) is 0 Å². The Balaban J connectivity index is 2.31. The van der Waals surface area contributed by atoms with Gasteiger partial charge in [0.2, 0.25) is 0 Å². The second-order valence-electron chi connectivity index (χ2n) is 3.90. The van der Waals surface area contributed by atoms with Crippen LogP contribution in [0.1, 0.15) is 47.8 Å². The summed E-state index contributed by atoms with van der Waals surface area (Å²) < 4.78 is 0. The Bertz CT molecular complexity index is 304. The van der Waals surface area contributed by atoms with E-state index in [0.717, 1.165) is 0 Å². The summed E-state index contributed by atoms with van der Waals surface area (Å²) in [7, 11) is 2.02. The second-order valence-corrected chi connectivity index (χ2v) is 5.01. The van der Waals surface area contributed by atoms with Crippen molar-refractivity contribution in [2.75, 3.05) is 7.05 Å². The van der Waals surface area contributed by atoms with Crippen LogP contribution < -0.4 is 5.32 Å². The van der Waals surface area contributed by atoms with E-state index in [2.05, 4.69) is 19.2 Å². The van der Waals surface area contributed by atoms with Gasteiger partial charge in [0.1, 0.15) is 0 Å². The number of hydrogen-bond donors (Lipinski definition) is 1. The smallest absolute Gasteiger partial charge is 0.0957 e. The van der Waals surface area contributed by atoms with E-state index in [4.69, 9.17) is 4.98 Å². The van der Waals surface area contributed by atoms with E-state index >= 15 is 0 Å². The van der Waals surface area contributed by atoms with Crippen LogP contribution in [0.3, 0.4) is 0 Å². The molecule has 0 amide bonds. The van der Waals surface area contributed by atoms with E-state index < -0.39 is 0 Å². The molecule has 2 nitrogen and oxygen atoms in total. The maximum absolute atomic E-state index is 4.70. The van der Waals surface area contributed by atoms with Gasteiger partial charge < -0.3 is 5.32 Å². The molecular weight excluding hydrogens is 180 g/mol. The Morgan fingerprint density at radius 3 is 2.92 bits per heavy atom. The van der Waals surface area contributed by atoms with Gasteiger partial charge >= 0.3 is 0 Å². The van der Waals surface area contributed by atoms with Gasteiger partial charge in [-0.15, -0.1) is 11.3 Å². The lowest BCUT2D eigenvalue weighted by Crippen LogP contribution is -2.13. The fourth-order valence-corrected chi connectivity index (χ4v) is 2.92. The minimum Gasteiger partial charge on any atom is -0.312 e. The van der Waals surface area contributed by atoms with E-state index in [1.165, 1.54) is 28.4 Å². The van der Waals surface area contributed by atoms with Crippen LogP contribution in [-0.4, -0.2) is 12.0 Å². The van der Waals surface area contributed by atoms with Gasteiger partial charge in [-0.25, -0.2) is 4.98 Å². The number of aromatic nitrogens is 1. The molecule has 0 spiro atoms. The summed E-state index contributed by atoms with van der Waals surface area (Å²) in [6.07, 6.45) is 2.44. The summed E-state index contributed by atoms with van der Waals surface area (Å²) >= 11 is 1.90. The van der Waals surface area contributed by atoms with Crippen LogP contribution in [0, 0.1) is 0 Å². The largest absolute Gasteiger partial charge is 0.312 e. The van der Waals surface area contributed by atoms with Gasteiger partial charge in [-0.05, 0) is 19.9 Å². The minimum absolute atomic E-state index is 0.513. The lowest BCUT2D eigenvalue weighted by atomic mass is 10.2. The first-order valence-corrected chi connectivity index (χ1v) is 5.70.